The van der Waals surface area contributed by atoms with Gasteiger partial charge in [0, 0.05) is 18.6 Å². The topological polar surface area (TPSA) is 62.0 Å². The van der Waals surface area contributed by atoms with E-state index in [4.69, 9.17) is 5.11 Å². The molecule has 0 saturated carbocycles. The number of aliphatic carboxylic acids is 1. The van der Waals surface area contributed by atoms with E-state index >= 15 is 0 Å². The fourth-order valence-corrected chi connectivity index (χ4v) is 1.26. The molecule has 2 heterocycles. The van der Waals surface area contributed by atoms with Gasteiger partial charge < -0.3 is 5.11 Å². The molecule has 0 amide bonds. The number of rotatable bonds is 1. The number of hydrogen-bond donors (Lipinski definition) is 1. The lowest BCUT2D eigenvalue weighted by molar-refractivity contribution is -0.139. The van der Waals surface area contributed by atoms with Crippen molar-refractivity contribution in [2.24, 2.45) is 15.4 Å². The molecule has 0 saturated heterocycles. The molecule has 4 nitrogen and oxygen atoms in total. The second-order valence-electron chi connectivity index (χ2n) is 2.58. The molecular weight excluding hydrogens is 215 g/mol. The van der Waals surface area contributed by atoms with Gasteiger partial charge in [-0.3, -0.25) is 14.8 Å². The molecule has 0 fully saturated rings. The van der Waals surface area contributed by atoms with Crippen molar-refractivity contribution in [3.63, 3.8) is 0 Å². The standard InChI is InChI=1S/C7H6N2O2.2ClH/c10-6(11)7-3-8-1-5(7)2-9-4-7;;/h1,3-4H,2H2,(H,10,11);2*1H. The number of hydrogen-bond acceptors (Lipinski definition) is 3. The van der Waals surface area contributed by atoms with Crippen LogP contribution in [0.3, 0.4) is 0 Å². The Bertz CT molecular complexity index is 312. The third kappa shape index (κ3) is 1.47. The monoisotopic (exact) mass is 222 g/mol. The highest BCUT2D eigenvalue weighted by molar-refractivity contribution is 6.16. The normalized spacial score (nSPS) is 27.2. The SMILES string of the molecule is Cl.Cl.O=C(O)C12C=NC=C1CN=C2. The van der Waals surface area contributed by atoms with E-state index in [1.807, 2.05) is 0 Å². The van der Waals surface area contributed by atoms with Gasteiger partial charge in [0.15, 0.2) is 5.41 Å². The summed E-state index contributed by atoms with van der Waals surface area (Å²) in [5.41, 5.74) is -0.245. The lowest BCUT2D eigenvalue weighted by atomic mass is 9.86. The van der Waals surface area contributed by atoms with Crippen molar-refractivity contribution < 1.29 is 9.90 Å². The zero-order valence-corrected chi connectivity index (χ0v) is 8.14. The van der Waals surface area contributed by atoms with Crippen LogP contribution in [0.15, 0.2) is 21.8 Å². The zero-order chi connectivity index (χ0) is 7.90. The number of carboxylic acids is 1. The molecule has 0 aromatic carbocycles. The Labute approximate surface area is 87.3 Å². The summed E-state index contributed by atoms with van der Waals surface area (Å²) < 4.78 is 0. The maximum absolute atomic E-state index is 10.8. The van der Waals surface area contributed by atoms with Gasteiger partial charge in [0.1, 0.15) is 0 Å². The van der Waals surface area contributed by atoms with Crippen LogP contribution in [-0.2, 0) is 4.79 Å². The Morgan fingerprint density at radius 2 is 2.15 bits per heavy atom. The smallest absolute Gasteiger partial charge is 0.324 e. The van der Waals surface area contributed by atoms with Crippen molar-refractivity contribution in [3.8, 4) is 0 Å². The Balaban J connectivity index is 0.000000720. The quantitative estimate of drug-likeness (QED) is 0.719. The van der Waals surface area contributed by atoms with Gasteiger partial charge in [-0.2, -0.15) is 0 Å². The first kappa shape index (κ1) is 12.1. The van der Waals surface area contributed by atoms with Crippen LogP contribution in [-0.4, -0.2) is 30.0 Å². The zero-order valence-electron chi connectivity index (χ0n) is 6.51. The molecule has 2 aliphatic heterocycles. The van der Waals surface area contributed by atoms with Gasteiger partial charge in [-0.25, -0.2) is 0 Å². The van der Waals surface area contributed by atoms with E-state index < -0.39 is 11.4 Å². The van der Waals surface area contributed by atoms with Gasteiger partial charge in [-0.15, -0.1) is 24.8 Å². The average Bonchev–Trinajstić information content (AvgIpc) is 2.40. The van der Waals surface area contributed by atoms with Crippen LogP contribution in [0.25, 0.3) is 0 Å². The number of fused-ring (bicyclic) bond motifs is 1. The molecule has 0 aromatic rings. The van der Waals surface area contributed by atoms with Crippen LogP contribution in [0.1, 0.15) is 0 Å². The van der Waals surface area contributed by atoms with Crippen LogP contribution < -0.4 is 0 Å². The van der Waals surface area contributed by atoms with Crippen molar-refractivity contribution in [3.05, 3.63) is 11.8 Å². The van der Waals surface area contributed by atoms with Gasteiger partial charge in [0.2, 0.25) is 0 Å². The van der Waals surface area contributed by atoms with Gasteiger partial charge in [0.25, 0.3) is 0 Å². The minimum atomic E-state index is -1.00. The molecule has 13 heavy (non-hydrogen) atoms. The Morgan fingerprint density at radius 1 is 1.46 bits per heavy atom. The summed E-state index contributed by atoms with van der Waals surface area (Å²) in [5, 5.41) is 8.85. The molecule has 0 aromatic heterocycles. The number of aliphatic imine (C=N–C) groups is 2. The summed E-state index contributed by atoms with van der Waals surface area (Å²) in [7, 11) is 0. The highest BCUT2D eigenvalue weighted by Crippen LogP contribution is 2.32. The molecular formula is C7H8Cl2N2O2. The van der Waals surface area contributed by atoms with Crippen molar-refractivity contribution in [1.29, 1.82) is 0 Å². The van der Waals surface area contributed by atoms with E-state index in [9.17, 15) is 4.79 Å². The van der Waals surface area contributed by atoms with E-state index in [-0.39, 0.29) is 24.8 Å². The van der Waals surface area contributed by atoms with Crippen molar-refractivity contribution in [2.45, 2.75) is 0 Å². The lowest BCUT2D eigenvalue weighted by Gasteiger charge is -2.12. The van der Waals surface area contributed by atoms with Crippen LogP contribution in [0.2, 0.25) is 0 Å². The highest BCUT2D eigenvalue weighted by atomic mass is 35.5. The Hall–Kier alpha value is -0.870. The lowest BCUT2D eigenvalue weighted by Crippen LogP contribution is -2.32. The molecule has 1 N–H and O–H groups in total. The summed E-state index contributed by atoms with van der Waals surface area (Å²) in [6, 6.07) is 0. The van der Waals surface area contributed by atoms with Crippen molar-refractivity contribution in [1.82, 2.24) is 0 Å². The summed E-state index contributed by atoms with van der Waals surface area (Å²) in [6.45, 7) is 0.465. The van der Waals surface area contributed by atoms with Gasteiger partial charge in [0.05, 0.1) is 6.54 Å². The molecule has 1 atom stereocenters. The van der Waals surface area contributed by atoms with Crippen molar-refractivity contribution in [2.75, 3.05) is 6.54 Å². The van der Waals surface area contributed by atoms with Crippen molar-refractivity contribution >= 4 is 43.2 Å². The molecule has 0 bridgehead atoms. The van der Waals surface area contributed by atoms with E-state index in [2.05, 4.69) is 9.98 Å². The molecule has 0 spiro atoms. The van der Waals surface area contributed by atoms with Gasteiger partial charge >= 0.3 is 5.97 Å². The maximum Gasteiger partial charge on any atom is 0.324 e. The summed E-state index contributed by atoms with van der Waals surface area (Å²) in [4.78, 5) is 18.5. The highest BCUT2D eigenvalue weighted by Gasteiger charge is 2.44. The molecule has 6 heteroatoms. The summed E-state index contributed by atoms with van der Waals surface area (Å²) in [6.07, 6.45) is 4.43. The number of carbonyl (C=O) groups is 1. The molecule has 1 unspecified atom stereocenters. The first-order valence-electron chi connectivity index (χ1n) is 3.24. The number of nitrogens with zero attached hydrogens (tertiary/aromatic N) is 2. The van der Waals surface area contributed by atoms with E-state index in [1.54, 1.807) is 6.20 Å². The largest absolute Gasteiger partial charge is 0.480 e. The third-order valence-corrected chi connectivity index (χ3v) is 1.95. The van der Waals surface area contributed by atoms with Crippen LogP contribution in [0.5, 0.6) is 0 Å². The van der Waals surface area contributed by atoms with Gasteiger partial charge in [-0.1, -0.05) is 0 Å². The third-order valence-electron chi connectivity index (χ3n) is 1.95. The molecule has 72 valence electrons. The van der Waals surface area contributed by atoms with E-state index in [1.165, 1.54) is 12.4 Å². The fraction of sp³-hybridized carbons (Fsp3) is 0.286. The maximum atomic E-state index is 10.8. The van der Waals surface area contributed by atoms with Crippen LogP contribution in [0.4, 0.5) is 0 Å². The first-order valence-corrected chi connectivity index (χ1v) is 3.24. The van der Waals surface area contributed by atoms with E-state index in [0.29, 0.717) is 6.54 Å². The minimum Gasteiger partial charge on any atom is -0.480 e. The van der Waals surface area contributed by atoms with Gasteiger partial charge in [-0.05, 0) is 5.57 Å². The van der Waals surface area contributed by atoms with Crippen LogP contribution >= 0.6 is 24.8 Å². The second-order valence-corrected chi connectivity index (χ2v) is 2.58. The Kier molecular flexibility index (Phi) is 3.63. The Morgan fingerprint density at radius 3 is 2.69 bits per heavy atom. The molecule has 0 radical (unpaired) electrons. The number of carboxylic acid groups (broad SMARTS) is 1. The molecule has 2 aliphatic rings. The second kappa shape index (κ2) is 3.89. The summed E-state index contributed by atoms with van der Waals surface area (Å²) in [5.74, 6) is -0.897. The fourth-order valence-electron chi connectivity index (χ4n) is 1.26. The molecule has 2 rings (SSSR count). The summed E-state index contributed by atoms with van der Waals surface area (Å²) >= 11 is 0. The number of halogens is 2. The predicted octanol–water partition coefficient (Wildman–Crippen LogP) is 0.954. The van der Waals surface area contributed by atoms with E-state index in [0.717, 1.165) is 5.57 Å². The molecule has 0 aliphatic carbocycles. The average molecular weight is 223 g/mol. The van der Waals surface area contributed by atoms with Crippen LogP contribution in [0, 0.1) is 5.41 Å². The first-order chi connectivity index (χ1) is 5.26. The predicted molar refractivity (Wildman–Crippen MR) is 54.5 cm³/mol. The minimum absolute atomic E-state index is 0.